The Hall–Kier alpha value is -1.87. The van der Waals surface area contributed by atoms with Crippen LogP contribution in [0.2, 0.25) is 0 Å². The van der Waals surface area contributed by atoms with Gasteiger partial charge in [0, 0.05) is 5.56 Å². The van der Waals surface area contributed by atoms with E-state index >= 15 is 0 Å². The number of hydrogen-bond acceptors (Lipinski definition) is 5. The van der Waals surface area contributed by atoms with E-state index in [1.807, 2.05) is 6.92 Å². The first-order chi connectivity index (χ1) is 8.94. The van der Waals surface area contributed by atoms with E-state index in [2.05, 4.69) is 14.9 Å². The molecule has 7 nitrogen and oxygen atoms in total. The summed E-state index contributed by atoms with van der Waals surface area (Å²) in [4.78, 5) is 10.7. The Morgan fingerprint density at radius 1 is 1.53 bits per heavy atom. The number of thiophene rings is 1. The Labute approximate surface area is 113 Å². The van der Waals surface area contributed by atoms with Crippen molar-refractivity contribution in [1.29, 1.82) is 0 Å². The van der Waals surface area contributed by atoms with Gasteiger partial charge in [0.2, 0.25) is 0 Å². The molecule has 9 heteroatoms. The fourth-order valence-corrected chi connectivity index (χ4v) is 3.63. The fourth-order valence-electron chi connectivity index (χ4n) is 1.43. The van der Waals surface area contributed by atoms with Gasteiger partial charge in [-0.1, -0.05) is 6.92 Å². The van der Waals surface area contributed by atoms with Crippen LogP contribution >= 0.6 is 11.3 Å². The van der Waals surface area contributed by atoms with Gasteiger partial charge in [-0.2, -0.15) is 5.10 Å². The van der Waals surface area contributed by atoms with Crippen molar-refractivity contribution in [3.05, 3.63) is 28.8 Å². The van der Waals surface area contributed by atoms with Crippen LogP contribution in [0, 0.1) is 0 Å². The number of nitrogens with zero attached hydrogens (tertiary/aromatic N) is 1. The molecule has 0 saturated heterocycles. The summed E-state index contributed by atoms with van der Waals surface area (Å²) in [6.45, 7) is 1.87. The number of aromatic nitrogens is 2. The third-order valence-corrected chi connectivity index (χ3v) is 5.31. The van der Waals surface area contributed by atoms with Crippen LogP contribution < -0.4 is 4.72 Å². The third-order valence-electron chi connectivity index (χ3n) is 2.39. The largest absolute Gasteiger partial charge is 0.477 e. The summed E-state index contributed by atoms with van der Waals surface area (Å²) in [6.07, 6.45) is 2.16. The van der Waals surface area contributed by atoms with Crippen LogP contribution in [-0.2, 0) is 16.4 Å². The monoisotopic (exact) mass is 301 g/mol. The molecule has 0 aliphatic heterocycles. The van der Waals surface area contributed by atoms with Crippen molar-refractivity contribution in [2.45, 2.75) is 17.6 Å². The average molecular weight is 301 g/mol. The number of aromatic amines is 1. The summed E-state index contributed by atoms with van der Waals surface area (Å²) in [5, 5.41) is 15.1. The topological polar surface area (TPSA) is 112 Å². The Bertz CT molecular complexity index is 702. The highest BCUT2D eigenvalue weighted by Crippen LogP contribution is 2.24. The molecule has 0 amide bonds. The zero-order chi connectivity index (χ0) is 14.0. The zero-order valence-corrected chi connectivity index (χ0v) is 11.5. The molecule has 0 saturated carbocycles. The summed E-state index contributed by atoms with van der Waals surface area (Å²) < 4.78 is 26.4. The zero-order valence-electron chi connectivity index (χ0n) is 9.87. The minimum absolute atomic E-state index is 0.0271. The first kappa shape index (κ1) is 13.6. The van der Waals surface area contributed by atoms with E-state index in [9.17, 15) is 13.2 Å². The summed E-state index contributed by atoms with van der Waals surface area (Å²) in [5.41, 5.74) is 0.735. The van der Waals surface area contributed by atoms with Gasteiger partial charge in [-0.15, -0.1) is 11.3 Å². The number of carboxylic acids is 1. The van der Waals surface area contributed by atoms with Crippen LogP contribution in [0.3, 0.4) is 0 Å². The maximum atomic E-state index is 12.1. The fraction of sp³-hybridized carbons (Fsp3) is 0.200. The molecular formula is C10H11N3O4S2. The maximum Gasteiger partial charge on any atom is 0.345 e. The molecule has 0 radical (unpaired) electrons. The Morgan fingerprint density at radius 3 is 2.84 bits per heavy atom. The van der Waals surface area contributed by atoms with Crippen molar-refractivity contribution in [1.82, 2.24) is 10.2 Å². The molecule has 2 heterocycles. The minimum Gasteiger partial charge on any atom is -0.477 e. The van der Waals surface area contributed by atoms with Gasteiger partial charge < -0.3 is 5.11 Å². The van der Waals surface area contributed by atoms with E-state index in [1.165, 1.54) is 18.3 Å². The molecule has 0 aromatic carbocycles. The molecule has 0 aliphatic rings. The molecule has 0 unspecified atom stereocenters. The molecule has 2 aromatic rings. The summed E-state index contributed by atoms with van der Waals surface area (Å²) in [6, 6.07) is 2.52. The minimum atomic E-state index is -3.79. The van der Waals surface area contributed by atoms with E-state index in [-0.39, 0.29) is 9.09 Å². The number of carbonyl (C=O) groups is 1. The number of anilines is 1. The van der Waals surface area contributed by atoms with E-state index in [0.29, 0.717) is 23.6 Å². The molecule has 102 valence electrons. The molecule has 0 aliphatic carbocycles. The summed E-state index contributed by atoms with van der Waals surface area (Å²) in [5.74, 6) is -0.852. The second-order valence-electron chi connectivity index (χ2n) is 3.65. The lowest BCUT2D eigenvalue weighted by Crippen LogP contribution is -2.12. The Morgan fingerprint density at radius 2 is 2.26 bits per heavy atom. The molecule has 2 rings (SSSR count). The second-order valence-corrected chi connectivity index (χ2v) is 6.65. The van der Waals surface area contributed by atoms with Crippen molar-refractivity contribution in [2.75, 3.05) is 4.72 Å². The van der Waals surface area contributed by atoms with Gasteiger partial charge in [-0.25, -0.2) is 13.2 Å². The van der Waals surface area contributed by atoms with Gasteiger partial charge >= 0.3 is 5.97 Å². The van der Waals surface area contributed by atoms with Crippen LogP contribution in [0.15, 0.2) is 22.5 Å². The quantitative estimate of drug-likeness (QED) is 0.775. The maximum absolute atomic E-state index is 12.1. The highest BCUT2D eigenvalue weighted by Gasteiger charge is 2.20. The number of H-pyrrole nitrogens is 1. The van der Waals surface area contributed by atoms with E-state index in [4.69, 9.17) is 5.11 Å². The third kappa shape index (κ3) is 2.76. The van der Waals surface area contributed by atoms with E-state index in [1.54, 1.807) is 0 Å². The van der Waals surface area contributed by atoms with Crippen molar-refractivity contribution in [2.24, 2.45) is 0 Å². The van der Waals surface area contributed by atoms with Gasteiger partial charge in [-0.05, 0) is 18.6 Å². The summed E-state index contributed by atoms with van der Waals surface area (Å²) in [7, 11) is -3.79. The molecule has 0 fully saturated rings. The van der Waals surface area contributed by atoms with Gasteiger partial charge in [0.15, 0.2) is 0 Å². The van der Waals surface area contributed by atoms with Crippen LogP contribution in [0.4, 0.5) is 5.82 Å². The van der Waals surface area contributed by atoms with Crippen LogP contribution in [0.5, 0.6) is 0 Å². The highest BCUT2D eigenvalue weighted by atomic mass is 32.2. The van der Waals surface area contributed by atoms with E-state index in [0.717, 1.165) is 5.56 Å². The van der Waals surface area contributed by atoms with Crippen LogP contribution in [-0.4, -0.2) is 29.7 Å². The van der Waals surface area contributed by atoms with Crippen molar-refractivity contribution < 1.29 is 18.3 Å². The predicted octanol–water partition coefficient (Wildman–Crippen LogP) is 1.53. The first-order valence-electron chi connectivity index (χ1n) is 5.32. The molecule has 0 spiro atoms. The molecular weight excluding hydrogens is 290 g/mol. The SMILES string of the molecule is CCc1cn[nH]c1NS(=O)(=O)c1ccc(C(=O)O)s1. The Balaban J connectivity index is 2.29. The number of carboxylic acid groups (broad SMARTS) is 1. The number of rotatable bonds is 5. The van der Waals surface area contributed by atoms with Crippen molar-refractivity contribution >= 4 is 33.1 Å². The predicted molar refractivity (Wildman–Crippen MR) is 70.1 cm³/mol. The summed E-state index contributed by atoms with van der Waals surface area (Å²) >= 11 is 0.699. The number of nitrogens with one attached hydrogen (secondary N) is 2. The molecule has 0 bridgehead atoms. The standard InChI is InChI=1S/C10H11N3O4S2/c1-2-6-5-11-12-9(6)13-19(16,17)8-4-3-7(18-8)10(14)15/h3-5H,2H2,1H3,(H,14,15)(H2,11,12,13). The van der Waals surface area contributed by atoms with Crippen molar-refractivity contribution in [3.63, 3.8) is 0 Å². The smallest absolute Gasteiger partial charge is 0.345 e. The average Bonchev–Trinajstić information content (AvgIpc) is 2.95. The van der Waals surface area contributed by atoms with E-state index < -0.39 is 16.0 Å². The molecule has 0 atom stereocenters. The van der Waals surface area contributed by atoms with Crippen LogP contribution in [0.1, 0.15) is 22.2 Å². The van der Waals surface area contributed by atoms with Crippen LogP contribution in [0.25, 0.3) is 0 Å². The molecule has 2 aromatic heterocycles. The number of aryl methyl sites for hydroxylation is 1. The highest BCUT2D eigenvalue weighted by molar-refractivity contribution is 7.94. The Kier molecular flexibility index (Phi) is 3.58. The van der Waals surface area contributed by atoms with Gasteiger partial charge in [-0.3, -0.25) is 9.82 Å². The van der Waals surface area contributed by atoms with Crippen molar-refractivity contribution in [3.8, 4) is 0 Å². The lowest BCUT2D eigenvalue weighted by Gasteiger charge is -2.05. The number of sulfonamides is 1. The lowest BCUT2D eigenvalue weighted by atomic mass is 10.3. The van der Waals surface area contributed by atoms with Gasteiger partial charge in [0.25, 0.3) is 10.0 Å². The number of aromatic carboxylic acids is 1. The van der Waals surface area contributed by atoms with Gasteiger partial charge in [0.1, 0.15) is 14.9 Å². The second kappa shape index (κ2) is 5.02. The molecule has 3 N–H and O–H groups in total. The first-order valence-corrected chi connectivity index (χ1v) is 7.62. The number of hydrogen-bond donors (Lipinski definition) is 3. The van der Waals surface area contributed by atoms with Gasteiger partial charge in [0.05, 0.1) is 6.20 Å². The lowest BCUT2D eigenvalue weighted by molar-refractivity contribution is 0.0702. The molecule has 19 heavy (non-hydrogen) atoms. The normalized spacial score (nSPS) is 11.4.